The highest BCUT2D eigenvalue weighted by Crippen LogP contribution is 2.48. The standard InChI is InChI=1S/C21H19N3S/c22-14-21(20-23-16-8-2-4-10-18(16)25-20)13-15-7-1-3-9-17(15)24-12-6-5-11-19(21)24/h1-4,7-10,19H,5-6,11-13H2/t19-,21-/m1/s1. The molecule has 5 rings (SSSR count). The van der Waals surface area contributed by atoms with Gasteiger partial charge < -0.3 is 4.90 Å². The first-order valence-corrected chi connectivity index (χ1v) is 9.75. The molecule has 2 aliphatic heterocycles. The lowest BCUT2D eigenvalue weighted by molar-refractivity contribution is 0.324. The van der Waals surface area contributed by atoms with Crippen LogP contribution in [0.5, 0.6) is 0 Å². The first-order valence-electron chi connectivity index (χ1n) is 8.94. The van der Waals surface area contributed by atoms with Crippen LogP contribution in [-0.2, 0) is 11.8 Å². The van der Waals surface area contributed by atoms with Crippen LogP contribution in [0.25, 0.3) is 10.2 Å². The SMILES string of the molecule is N#C[C@]1(c2nc3ccccc3s2)Cc2ccccc2N2CCCC[C@@H]21. The van der Waals surface area contributed by atoms with E-state index >= 15 is 0 Å². The van der Waals surface area contributed by atoms with Gasteiger partial charge in [0, 0.05) is 18.7 Å². The summed E-state index contributed by atoms with van der Waals surface area (Å²) in [6.45, 7) is 1.04. The smallest absolute Gasteiger partial charge is 0.133 e. The van der Waals surface area contributed by atoms with Gasteiger partial charge in [-0.05, 0) is 43.0 Å². The average molecular weight is 345 g/mol. The zero-order valence-corrected chi connectivity index (χ0v) is 14.8. The first kappa shape index (κ1) is 14.9. The third kappa shape index (κ3) is 2.12. The summed E-state index contributed by atoms with van der Waals surface area (Å²) >= 11 is 1.70. The van der Waals surface area contributed by atoms with Gasteiger partial charge in [-0.25, -0.2) is 4.98 Å². The molecule has 0 radical (unpaired) electrons. The molecule has 2 atom stereocenters. The fourth-order valence-corrected chi connectivity index (χ4v) is 5.69. The summed E-state index contributed by atoms with van der Waals surface area (Å²) in [5.74, 6) is 0. The van der Waals surface area contributed by atoms with Gasteiger partial charge in [0.2, 0.25) is 0 Å². The molecule has 3 nitrogen and oxygen atoms in total. The fraction of sp³-hybridized carbons (Fsp3) is 0.333. The molecule has 2 aliphatic rings. The first-order chi connectivity index (χ1) is 12.3. The van der Waals surface area contributed by atoms with Crippen LogP contribution in [0.1, 0.15) is 29.8 Å². The second-order valence-corrected chi connectivity index (χ2v) is 8.11. The molecule has 0 N–H and O–H groups in total. The second-order valence-electron chi connectivity index (χ2n) is 7.08. The Labute approximate surface area is 151 Å². The van der Waals surface area contributed by atoms with Gasteiger partial charge in [0.1, 0.15) is 10.4 Å². The second kappa shape index (κ2) is 5.57. The summed E-state index contributed by atoms with van der Waals surface area (Å²) in [6, 6.07) is 19.8. The van der Waals surface area contributed by atoms with Crippen LogP contribution in [-0.4, -0.2) is 17.6 Å². The van der Waals surface area contributed by atoms with Gasteiger partial charge in [-0.2, -0.15) is 5.26 Å². The number of fused-ring (bicyclic) bond motifs is 4. The molecule has 1 saturated heterocycles. The maximum atomic E-state index is 10.4. The predicted molar refractivity (Wildman–Crippen MR) is 102 cm³/mol. The third-order valence-corrected chi connectivity index (χ3v) is 6.93. The van der Waals surface area contributed by atoms with Gasteiger partial charge in [-0.3, -0.25) is 0 Å². The summed E-state index contributed by atoms with van der Waals surface area (Å²) in [6.07, 6.45) is 4.22. The average Bonchev–Trinajstić information content (AvgIpc) is 3.12. The van der Waals surface area contributed by atoms with Crippen LogP contribution in [0.15, 0.2) is 48.5 Å². The van der Waals surface area contributed by atoms with E-state index in [1.807, 2.05) is 12.1 Å². The lowest BCUT2D eigenvalue weighted by atomic mass is 9.69. The highest BCUT2D eigenvalue weighted by Gasteiger charge is 2.50. The van der Waals surface area contributed by atoms with Crippen LogP contribution in [0.4, 0.5) is 5.69 Å². The highest BCUT2D eigenvalue weighted by molar-refractivity contribution is 7.18. The Bertz CT molecular complexity index is 953. The van der Waals surface area contributed by atoms with Crippen molar-refractivity contribution >= 4 is 27.2 Å². The minimum atomic E-state index is -0.543. The maximum absolute atomic E-state index is 10.4. The molecule has 3 aromatic rings. The molecule has 0 spiro atoms. The van der Waals surface area contributed by atoms with Crippen LogP contribution in [0.3, 0.4) is 0 Å². The molecule has 0 amide bonds. The van der Waals surface area contributed by atoms with Crippen LogP contribution >= 0.6 is 11.3 Å². The monoisotopic (exact) mass is 345 g/mol. The minimum absolute atomic E-state index is 0.224. The zero-order valence-electron chi connectivity index (χ0n) is 14.0. The topological polar surface area (TPSA) is 39.9 Å². The van der Waals surface area contributed by atoms with Crippen molar-refractivity contribution in [2.45, 2.75) is 37.1 Å². The number of benzene rings is 2. The molecule has 1 fully saturated rings. The van der Waals surface area contributed by atoms with Crippen molar-refractivity contribution in [3.05, 3.63) is 59.1 Å². The van der Waals surface area contributed by atoms with Gasteiger partial charge in [0.05, 0.1) is 22.3 Å². The van der Waals surface area contributed by atoms with Crippen molar-refractivity contribution in [3.63, 3.8) is 0 Å². The van der Waals surface area contributed by atoms with Crippen molar-refractivity contribution in [3.8, 4) is 6.07 Å². The van der Waals surface area contributed by atoms with Gasteiger partial charge in [0.25, 0.3) is 0 Å². The van der Waals surface area contributed by atoms with E-state index in [2.05, 4.69) is 47.4 Å². The van der Waals surface area contributed by atoms with Crippen LogP contribution in [0.2, 0.25) is 0 Å². The largest absolute Gasteiger partial charge is 0.366 e. The molecule has 2 aromatic carbocycles. The molecule has 0 aliphatic carbocycles. The van der Waals surface area contributed by atoms with Gasteiger partial charge in [-0.15, -0.1) is 11.3 Å². The van der Waals surface area contributed by atoms with Crippen LogP contribution < -0.4 is 4.90 Å². The number of piperidine rings is 1. The number of nitriles is 1. The Kier molecular flexibility index (Phi) is 3.33. The predicted octanol–water partition coefficient (Wildman–Crippen LogP) is 4.67. The molecule has 0 saturated carbocycles. The van der Waals surface area contributed by atoms with Crippen molar-refractivity contribution in [2.75, 3.05) is 11.4 Å². The minimum Gasteiger partial charge on any atom is -0.366 e. The normalized spacial score (nSPS) is 25.2. The summed E-state index contributed by atoms with van der Waals surface area (Å²) < 4.78 is 1.17. The quantitative estimate of drug-likeness (QED) is 0.643. The number of anilines is 1. The molecule has 3 heterocycles. The molecule has 0 unspecified atom stereocenters. The van der Waals surface area contributed by atoms with E-state index in [4.69, 9.17) is 4.98 Å². The van der Waals surface area contributed by atoms with Gasteiger partial charge >= 0.3 is 0 Å². The summed E-state index contributed by atoms with van der Waals surface area (Å²) in [5, 5.41) is 11.4. The molecule has 1 aromatic heterocycles. The zero-order chi connectivity index (χ0) is 16.9. The van der Waals surface area contributed by atoms with E-state index in [0.29, 0.717) is 0 Å². The summed E-state index contributed by atoms with van der Waals surface area (Å²) in [5.41, 5.74) is 3.07. The number of nitrogens with zero attached hydrogens (tertiary/aromatic N) is 3. The number of hydrogen-bond donors (Lipinski definition) is 0. The van der Waals surface area contributed by atoms with Crippen LogP contribution in [0, 0.1) is 11.3 Å². The maximum Gasteiger partial charge on any atom is 0.133 e. The Hall–Kier alpha value is -2.38. The van der Waals surface area contributed by atoms with E-state index < -0.39 is 5.41 Å². The van der Waals surface area contributed by atoms with Crippen molar-refractivity contribution in [1.29, 1.82) is 5.26 Å². The van der Waals surface area contributed by atoms with Gasteiger partial charge in [0.15, 0.2) is 0 Å². The van der Waals surface area contributed by atoms with E-state index in [0.717, 1.165) is 29.9 Å². The lowest BCUT2D eigenvalue weighted by Crippen LogP contribution is -2.56. The molecule has 4 heteroatoms. The number of thiazole rings is 1. The highest BCUT2D eigenvalue weighted by atomic mass is 32.1. The lowest BCUT2D eigenvalue weighted by Gasteiger charge is -2.49. The van der Waals surface area contributed by atoms with E-state index in [9.17, 15) is 5.26 Å². The molecule has 124 valence electrons. The number of para-hydroxylation sites is 2. The molecular weight excluding hydrogens is 326 g/mol. The molecule has 25 heavy (non-hydrogen) atoms. The Morgan fingerprint density at radius 3 is 2.84 bits per heavy atom. The Morgan fingerprint density at radius 1 is 1.12 bits per heavy atom. The van der Waals surface area contributed by atoms with Gasteiger partial charge in [-0.1, -0.05) is 30.3 Å². The molecular formula is C21H19N3S. The Morgan fingerprint density at radius 2 is 1.96 bits per heavy atom. The van der Waals surface area contributed by atoms with E-state index in [1.165, 1.54) is 28.8 Å². The number of rotatable bonds is 1. The Balaban J connectivity index is 1.73. The fourth-order valence-electron chi connectivity index (χ4n) is 4.53. The van der Waals surface area contributed by atoms with E-state index in [1.54, 1.807) is 11.3 Å². The van der Waals surface area contributed by atoms with Crippen molar-refractivity contribution < 1.29 is 0 Å². The number of aromatic nitrogens is 1. The van der Waals surface area contributed by atoms with Crippen molar-refractivity contribution in [2.24, 2.45) is 0 Å². The summed E-state index contributed by atoms with van der Waals surface area (Å²) in [7, 11) is 0. The van der Waals surface area contributed by atoms with Crippen molar-refractivity contribution in [1.82, 2.24) is 4.98 Å². The number of hydrogen-bond acceptors (Lipinski definition) is 4. The third-order valence-electron chi connectivity index (χ3n) is 5.72. The van der Waals surface area contributed by atoms with E-state index in [-0.39, 0.29) is 6.04 Å². The molecule has 0 bridgehead atoms. The summed E-state index contributed by atoms with van der Waals surface area (Å²) in [4.78, 5) is 7.40.